The normalized spacial score (nSPS) is 16.2. The van der Waals surface area contributed by atoms with Gasteiger partial charge in [0.2, 0.25) is 0 Å². The summed E-state index contributed by atoms with van der Waals surface area (Å²) >= 11 is 1.53. The molecule has 1 fully saturated rings. The maximum absolute atomic E-state index is 12.6. The zero-order chi connectivity index (χ0) is 14.8. The topological polar surface area (TPSA) is 34.1 Å². The lowest BCUT2D eigenvalue weighted by atomic mass is 10.1. The lowest BCUT2D eigenvalue weighted by molar-refractivity contribution is -0.0506. The molecule has 1 atom stereocenters. The average Bonchev–Trinajstić information content (AvgIpc) is 3.17. The highest BCUT2D eigenvalue weighted by Gasteiger charge is 2.29. The predicted molar refractivity (Wildman–Crippen MR) is 77.9 cm³/mol. The monoisotopic (exact) mass is 310 g/mol. The number of aromatic nitrogens is 1. The van der Waals surface area contributed by atoms with Crippen molar-refractivity contribution in [3.05, 3.63) is 45.9 Å². The van der Waals surface area contributed by atoms with E-state index in [4.69, 9.17) is 0 Å². The molecule has 2 aromatic rings. The number of hydrogen-bond donors (Lipinski definition) is 1. The Labute approximate surface area is 126 Å². The van der Waals surface area contributed by atoms with Crippen molar-refractivity contribution in [2.24, 2.45) is 0 Å². The molecule has 3 nitrogen and oxygen atoms in total. The Morgan fingerprint density at radius 1 is 1.33 bits per heavy atom. The third kappa shape index (κ3) is 3.57. The number of alkyl halides is 2. The minimum Gasteiger partial charge on any atom is -0.434 e. The minimum absolute atomic E-state index is 0.203. The first kappa shape index (κ1) is 14.4. The summed E-state index contributed by atoms with van der Waals surface area (Å²) in [7, 11) is 0. The van der Waals surface area contributed by atoms with Gasteiger partial charge in [0.1, 0.15) is 10.8 Å². The van der Waals surface area contributed by atoms with Crippen molar-refractivity contribution in [2.75, 3.05) is 0 Å². The van der Waals surface area contributed by atoms with E-state index in [1.165, 1.54) is 11.3 Å². The zero-order valence-electron chi connectivity index (χ0n) is 11.6. The van der Waals surface area contributed by atoms with Crippen LogP contribution in [0.25, 0.3) is 0 Å². The van der Waals surface area contributed by atoms with Crippen molar-refractivity contribution in [1.82, 2.24) is 10.3 Å². The molecular formula is C15H16F2N2OS. The molecule has 1 saturated carbocycles. The fourth-order valence-electron chi connectivity index (χ4n) is 2.21. The maximum Gasteiger partial charge on any atom is 0.387 e. The lowest BCUT2D eigenvalue weighted by Crippen LogP contribution is -2.25. The highest BCUT2D eigenvalue weighted by atomic mass is 32.1. The van der Waals surface area contributed by atoms with Crippen molar-refractivity contribution < 1.29 is 13.5 Å². The van der Waals surface area contributed by atoms with Gasteiger partial charge in [-0.25, -0.2) is 4.98 Å². The van der Waals surface area contributed by atoms with Crippen LogP contribution in [-0.4, -0.2) is 17.6 Å². The summed E-state index contributed by atoms with van der Waals surface area (Å²) < 4.78 is 29.8. The van der Waals surface area contributed by atoms with Crippen molar-refractivity contribution in [2.45, 2.75) is 38.5 Å². The highest BCUT2D eigenvalue weighted by molar-refractivity contribution is 7.09. The number of aryl methyl sites for hydroxylation is 1. The molecule has 1 aliphatic carbocycles. The summed E-state index contributed by atoms with van der Waals surface area (Å²) in [6.45, 7) is -0.902. The van der Waals surface area contributed by atoms with Gasteiger partial charge in [-0.2, -0.15) is 8.78 Å². The van der Waals surface area contributed by atoms with Gasteiger partial charge in [-0.3, -0.25) is 0 Å². The lowest BCUT2D eigenvalue weighted by Gasteiger charge is -2.20. The van der Waals surface area contributed by atoms with Gasteiger partial charge in [0.15, 0.2) is 0 Å². The van der Waals surface area contributed by atoms with E-state index in [-0.39, 0.29) is 11.8 Å². The summed E-state index contributed by atoms with van der Waals surface area (Å²) in [5.41, 5.74) is 1.64. The van der Waals surface area contributed by atoms with E-state index < -0.39 is 6.61 Å². The van der Waals surface area contributed by atoms with Gasteiger partial charge in [-0.1, -0.05) is 18.2 Å². The van der Waals surface area contributed by atoms with Crippen LogP contribution in [0, 0.1) is 6.92 Å². The van der Waals surface area contributed by atoms with E-state index >= 15 is 0 Å². The van der Waals surface area contributed by atoms with Gasteiger partial charge < -0.3 is 10.1 Å². The van der Waals surface area contributed by atoms with Gasteiger partial charge >= 0.3 is 6.61 Å². The van der Waals surface area contributed by atoms with E-state index in [0.29, 0.717) is 11.6 Å². The Bertz CT molecular complexity index is 613. The van der Waals surface area contributed by atoms with Crippen molar-refractivity contribution in [3.8, 4) is 5.75 Å². The van der Waals surface area contributed by atoms with E-state index in [2.05, 4.69) is 15.0 Å². The Balaban J connectivity index is 1.95. The molecule has 6 heteroatoms. The SMILES string of the molecule is Cc1csc(C(NC2CC2)c2ccccc2OC(F)F)n1. The number of ether oxygens (including phenoxy) is 1. The zero-order valence-corrected chi connectivity index (χ0v) is 12.4. The van der Waals surface area contributed by atoms with E-state index in [1.54, 1.807) is 12.1 Å². The standard InChI is InChI=1S/C15H16F2N2OS/c1-9-8-21-14(18-9)13(19-10-6-7-10)11-4-2-3-5-12(11)20-15(16)17/h2-5,8,10,13,15,19H,6-7H2,1H3. The number of thiazole rings is 1. The van der Waals surface area contributed by atoms with Crippen LogP contribution in [0.15, 0.2) is 29.6 Å². The van der Waals surface area contributed by atoms with E-state index in [0.717, 1.165) is 23.5 Å². The minimum atomic E-state index is -2.83. The molecule has 0 aliphatic heterocycles. The fourth-order valence-corrected chi connectivity index (χ4v) is 3.08. The van der Waals surface area contributed by atoms with Crippen LogP contribution >= 0.6 is 11.3 Å². The summed E-state index contributed by atoms with van der Waals surface area (Å²) in [6, 6.07) is 7.14. The first-order valence-corrected chi connectivity index (χ1v) is 7.73. The summed E-state index contributed by atoms with van der Waals surface area (Å²) in [5.74, 6) is 0.207. The van der Waals surface area contributed by atoms with Crippen LogP contribution in [0.3, 0.4) is 0 Å². The van der Waals surface area contributed by atoms with Crippen molar-refractivity contribution in [1.29, 1.82) is 0 Å². The van der Waals surface area contributed by atoms with E-state index in [1.807, 2.05) is 24.4 Å². The second-order valence-corrected chi connectivity index (χ2v) is 6.01. The van der Waals surface area contributed by atoms with Gasteiger partial charge in [0.05, 0.1) is 6.04 Å². The van der Waals surface area contributed by atoms with Crippen LogP contribution in [0.5, 0.6) is 5.75 Å². The number of nitrogens with one attached hydrogen (secondary N) is 1. The van der Waals surface area contributed by atoms with Gasteiger partial charge in [-0.15, -0.1) is 11.3 Å². The molecule has 1 aromatic carbocycles. The van der Waals surface area contributed by atoms with Crippen LogP contribution in [0.1, 0.15) is 35.1 Å². The van der Waals surface area contributed by atoms with Gasteiger partial charge in [0, 0.05) is 22.7 Å². The molecule has 0 amide bonds. The Hall–Kier alpha value is -1.53. The third-order valence-corrected chi connectivity index (χ3v) is 4.34. The molecule has 0 saturated heterocycles. The Kier molecular flexibility index (Phi) is 4.17. The second kappa shape index (κ2) is 6.07. The first-order valence-electron chi connectivity index (χ1n) is 6.85. The van der Waals surface area contributed by atoms with Crippen molar-refractivity contribution in [3.63, 3.8) is 0 Å². The number of hydrogen-bond acceptors (Lipinski definition) is 4. The van der Waals surface area contributed by atoms with Gasteiger partial charge in [-0.05, 0) is 25.8 Å². The molecule has 0 radical (unpaired) electrons. The third-order valence-electron chi connectivity index (χ3n) is 3.31. The largest absolute Gasteiger partial charge is 0.434 e. The number of rotatable bonds is 6. The van der Waals surface area contributed by atoms with E-state index in [9.17, 15) is 8.78 Å². The number of nitrogens with zero attached hydrogens (tertiary/aromatic N) is 1. The summed E-state index contributed by atoms with van der Waals surface area (Å²) in [6.07, 6.45) is 2.22. The Morgan fingerprint density at radius 2 is 2.10 bits per heavy atom. The number of para-hydroxylation sites is 1. The van der Waals surface area contributed by atoms with Crippen molar-refractivity contribution >= 4 is 11.3 Å². The molecule has 21 heavy (non-hydrogen) atoms. The molecule has 112 valence electrons. The summed E-state index contributed by atoms with van der Waals surface area (Å²) in [5, 5.41) is 6.32. The molecule has 1 N–H and O–H groups in total. The molecule has 0 spiro atoms. The Morgan fingerprint density at radius 3 is 2.71 bits per heavy atom. The molecule has 1 aromatic heterocycles. The molecule has 3 rings (SSSR count). The van der Waals surface area contributed by atoms with Crippen LogP contribution < -0.4 is 10.1 Å². The predicted octanol–water partition coefficient (Wildman–Crippen LogP) is 3.89. The number of benzene rings is 1. The van der Waals surface area contributed by atoms with Crippen LogP contribution in [0.2, 0.25) is 0 Å². The molecular weight excluding hydrogens is 294 g/mol. The number of halogens is 2. The van der Waals surface area contributed by atoms with Crippen LogP contribution in [0.4, 0.5) is 8.78 Å². The van der Waals surface area contributed by atoms with Gasteiger partial charge in [0.25, 0.3) is 0 Å². The fraction of sp³-hybridized carbons (Fsp3) is 0.400. The first-order chi connectivity index (χ1) is 10.1. The summed E-state index contributed by atoms with van der Waals surface area (Å²) in [4.78, 5) is 4.50. The highest BCUT2D eigenvalue weighted by Crippen LogP contribution is 2.35. The quantitative estimate of drug-likeness (QED) is 0.879. The van der Waals surface area contributed by atoms with Crippen LogP contribution in [-0.2, 0) is 0 Å². The molecule has 1 unspecified atom stereocenters. The maximum atomic E-state index is 12.6. The molecule has 1 aliphatic rings. The smallest absolute Gasteiger partial charge is 0.387 e. The molecule has 1 heterocycles. The second-order valence-electron chi connectivity index (χ2n) is 5.12. The average molecular weight is 310 g/mol. The molecule has 0 bridgehead atoms.